The molecule has 1 aromatic rings. The number of halogens is 1. The predicted molar refractivity (Wildman–Crippen MR) is 174 cm³/mol. The minimum Gasteiger partial charge on any atom is -0.404 e. The van der Waals surface area contributed by atoms with Gasteiger partial charge in [-0.2, -0.15) is 0 Å². The number of nitrogens with two attached hydrogens (primary N) is 1. The number of benzene rings is 1. The van der Waals surface area contributed by atoms with Gasteiger partial charge in [-0.05, 0) is 79.9 Å². The summed E-state index contributed by atoms with van der Waals surface area (Å²) >= 11 is 3.49. The molecule has 1 amide bonds. The lowest BCUT2D eigenvalue weighted by Crippen LogP contribution is -2.65. The molecule has 4 aliphatic rings. The Labute approximate surface area is 268 Å². The van der Waals surface area contributed by atoms with Crippen molar-refractivity contribution in [3.8, 4) is 0 Å². The summed E-state index contributed by atoms with van der Waals surface area (Å²) in [6.07, 6.45) is 6.71. The van der Waals surface area contributed by atoms with E-state index in [0.29, 0.717) is 31.1 Å². The first-order chi connectivity index (χ1) is 20.7. The van der Waals surface area contributed by atoms with Crippen molar-refractivity contribution in [1.82, 2.24) is 10.7 Å². The number of nitrogens with one attached hydrogen (secondary N) is 2. The van der Waals surface area contributed by atoms with Crippen LogP contribution in [0.15, 0.2) is 39.8 Å². The van der Waals surface area contributed by atoms with E-state index in [4.69, 9.17) is 15.0 Å². The quantitative estimate of drug-likeness (QED) is 0.0487. The van der Waals surface area contributed by atoms with Crippen LogP contribution >= 0.6 is 15.9 Å². The van der Waals surface area contributed by atoms with Crippen molar-refractivity contribution in [3.63, 3.8) is 0 Å². The minimum absolute atomic E-state index is 0.00179. The summed E-state index contributed by atoms with van der Waals surface area (Å²) in [6.45, 7) is 11.1. The lowest BCUT2D eigenvalue weighted by Gasteiger charge is -2.64. The highest BCUT2D eigenvalue weighted by Crippen LogP contribution is 2.65. The van der Waals surface area contributed by atoms with Crippen LogP contribution in [-0.4, -0.2) is 54.0 Å². The molecule has 0 unspecified atom stereocenters. The van der Waals surface area contributed by atoms with E-state index in [0.717, 1.165) is 22.9 Å². The Kier molecular flexibility index (Phi) is 10.9. The second-order valence-electron chi connectivity index (χ2n) is 13.6. The van der Waals surface area contributed by atoms with Crippen LogP contribution in [0, 0.1) is 39.2 Å². The summed E-state index contributed by atoms with van der Waals surface area (Å²) in [7, 11) is -0.573. The highest BCUT2D eigenvalue weighted by molar-refractivity contribution is 9.10. The van der Waals surface area contributed by atoms with Gasteiger partial charge in [0.05, 0.1) is 17.6 Å². The molecule has 0 aromatic heterocycles. The molecule has 44 heavy (non-hydrogen) atoms. The van der Waals surface area contributed by atoms with E-state index in [1.807, 2.05) is 29.7 Å². The van der Waals surface area contributed by atoms with Gasteiger partial charge < -0.3 is 20.4 Å². The molecule has 11 nitrogen and oxygen atoms in total. The van der Waals surface area contributed by atoms with Crippen LogP contribution in [0.25, 0.3) is 6.08 Å². The standard InChI is InChI=1S/C31H45BBrN5O6/c1-19(2)15-27(32-43-26-18-22-17-25(30(22,3)4)31(26,5)44-32)36-28(40)21(10-8-14-35-29(34)37-38(41)42)16-23(39)13-12-20-9-6-7-11-24(20)33/h6-7,9,11-13,19,21-22,25-27H,8,10,14-18H2,1-5H3,(H,36,40)(H3,34,35,37)/b13-12+/t21-,22-,25-,26-,27+,31+/m1/s1. The molecule has 1 aromatic carbocycles. The normalized spacial score (nSPS) is 27.0. The first-order valence-corrected chi connectivity index (χ1v) is 16.3. The third-order valence-corrected chi connectivity index (χ3v) is 10.4. The van der Waals surface area contributed by atoms with Crippen LogP contribution in [0.2, 0.25) is 0 Å². The lowest BCUT2D eigenvalue weighted by atomic mass is 9.43. The number of aliphatic imine (C=N–C) groups is 1. The fraction of sp³-hybridized carbons (Fsp3) is 0.645. The summed E-state index contributed by atoms with van der Waals surface area (Å²) < 4.78 is 14.1. The van der Waals surface area contributed by atoms with E-state index in [2.05, 4.69) is 60.9 Å². The summed E-state index contributed by atoms with van der Waals surface area (Å²) in [6, 6.07) is 7.56. The van der Waals surface area contributed by atoms with Crippen LogP contribution in [-0.2, 0) is 18.9 Å². The number of hydrazine groups is 1. The van der Waals surface area contributed by atoms with Gasteiger partial charge in [0.25, 0.3) is 5.96 Å². The van der Waals surface area contributed by atoms with Gasteiger partial charge >= 0.3 is 7.12 Å². The average molecular weight is 674 g/mol. The number of nitro groups is 1. The Balaban J connectivity index is 1.46. The fourth-order valence-electron chi connectivity index (χ4n) is 7.21. The molecule has 1 heterocycles. The molecular weight excluding hydrogens is 629 g/mol. The van der Waals surface area contributed by atoms with Crippen LogP contribution in [0.3, 0.4) is 0 Å². The zero-order chi connectivity index (χ0) is 32.2. The van der Waals surface area contributed by atoms with Gasteiger partial charge in [-0.3, -0.25) is 9.59 Å². The highest BCUT2D eigenvalue weighted by Gasteiger charge is 2.68. The van der Waals surface area contributed by atoms with Gasteiger partial charge in [-0.1, -0.05) is 73.3 Å². The predicted octanol–water partition coefficient (Wildman–Crippen LogP) is 4.71. The zero-order valence-electron chi connectivity index (χ0n) is 26.3. The smallest absolute Gasteiger partial charge is 0.404 e. The Morgan fingerprint density at radius 3 is 2.66 bits per heavy atom. The number of amides is 1. The third kappa shape index (κ3) is 7.90. The van der Waals surface area contributed by atoms with E-state index < -0.39 is 23.7 Å². The molecule has 1 saturated heterocycles. The summed E-state index contributed by atoms with van der Waals surface area (Å²) in [5, 5.41) is 13.0. The van der Waals surface area contributed by atoms with Crippen molar-refractivity contribution in [3.05, 3.63) is 50.5 Å². The monoisotopic (exact) mass is 673 g/mol. The van der Waals surface area contributed by atoms with E-state index in [-0.39, 0.29) is 54.0 Å². The van der Waals surface area contributed by atoms with Crippen molar-refractivity contribution in [1.29, 1.82) is 0 Å². The molecule has 3 aliphatic carbocycles. The number of rotatable bonds is 14. The number of ketones is 1. The Hall–Kier alpha value is -2.77. The molecule has 0 spiro atoms. The second kappa shape index (κ2) is 14.1. The Bertz CT molecular complexity index is 1290. The fourth-order valence-corrected chi connectivity index (χ4v) is 7.63. The molecule has 4 fully saturated rings. The van der Waals surface area contributed by atoms with Crippen LogP contribution in [0.5, 0.6) is 0 Å². The van der Waals surface area contributed by atoms with Crippen LogP contribution in [0.1, 0.15) is 78.7 Å². The topological polar surface area (TPSA) is 158 Å². The second-order valence-corrected chi connectivity index (χ2v) is 14.4. The number of allylic oxidation sites excluding steroid dienone is 1. The number of hydrogen-bond acceptors (Lipinski definition) is 7. The molecule has 240 valence electrons. The molecule has 5 rings (SSSR count). The maximum Gasteiger partial charge on any atom is 0.481 e. The third-order valence-electron chi connectivity index (χ3n) is 9.72. The number of hydrogen-bond donors (Lipinski definition) is 3. The van der Waals surface area contributed by atoms with E-state index in [1.54, 1.807) is 6.08 Å². The maximum absolute atomic E-state index is 13.8. The van der Waals surface area contributed by atoms with Crippen molar-refractivity contribution < 1.29 is 23.9 Å². The minimum atomic E-state index is -0.784. The first kappa shape index (κ1) is 34.1. The van der Waals surface area contributed by atoms with Gasteiger partial charge in [0.2, 0.25) is 5.91 Å². The molecule has 0 radical (unpaired) electrons. The largest absolute Gasteiger partial charge is 0.481 e. The molecule has 13 heteroatoms. The molecular formula is C31H45BBrN5O6. The summed E-state index contributed by atoms with van der Waals surface area (Å²) in [4.78, 5) is 41.5. The maximum atomic E-state index is 13.8. The molecule has 6 atom stereocenters. The van der Waals surface area contributed by atoms with Gasteiger partial charge in [-0.15, -0.1) is 0 Å². The van der Waals surface area contributed by atoms with Crippen molar-refractivity contribution in [2.24, 2.45) is 39.8 Å². The summed E-state index contributed by atoms with van der Waals surface area (Å²) in [5.74, 6) is -0.492. The lowest BCUT2D eigenvalue weighted by molar-refractivity contribution is -0.525. The van der Waals surface area contributed by atoms with Gasteiger partial charge in [-0.25, -0.2) is 15.1 Å². The number of guanidine groups is 1. The van der Waals surface area contributed by atoms with E-state index >= 15 is 0 Å². The van der Waals surface area contributed by atoms with Crippen LogP contribution in [0.4, 0.5) is 0 Å². The van der Waals surface area contributed by atoms with E-state index in [9.17, 15) is 19.7 Å². The van der Waals surface area contributed by atoms with Crippen molar-refractivity contribution in [2.45, 2.75) is 90.8 Å². The number of carbonyl (C=O) groups excluding carboxylic acids is 2. The van der Waals surface area contributed by atoms with Gasteiger partial charge in [0.1, 0.15) is 0 Å². The molecule has 2 bridgehead atoms. The summed E-state index contributed by atoms with van der Waals surface area (Å²) in [5.41, 5.74) is 8.00. The average Bonchev–Trinajstić information content (AvgIpc) is 3.30. The SMILES string of the molecule is CC(C)C[C@H](NC(=O)[C@H](CCCN=C(N)N[N+](=O)[O-])CC(=O)/C=C/c1ccccc1Br)B1O[C@@H]2C[C@H]3C[C@H](C3(C)C)[C@]2(C)O1. The zero-order valence-corrected chi connectivity index (χ0v) is 27.8. The van der Waals surface area contributed by atoms with Crippen molar-refractivity contribution >= 4 is 46.8 Å². The number of carbonyl (C=O) groups is 2. The molecule has 1 aliphatic heterocycles. The van der Waals surface area contributed by atoms with Crippen LogP contribution < -0.4 is 16.5 Å². The highest BCUT2D eigenvalue weighted by atomic mass is 79.9. The first-order valence-electron chi connectivity index (χ1n) is 15.5. The Morgan fingerprint density at radius 1 is 1.27 bits per heavy atom. The molecule has 3 saturated carbocycles. The van der Waals surface area contributed by atoms with Gasteiger partial charge in [0, 0.05) is 23.4 Å². The van der Waals surface area contributed by atoms with Gasteiger partial charge in [0.15, 0.2) is 10.8 Å². The Morgan fingerprint density at radius 2 is 2.00 bits per heavy atom. The van der Waals surface area contributed by atoms with Crippen molar-refractivity contribution in [2.75, 3.05) is 6.54 Å². The van der Waals surface area contributed by atoms with E-state index in [1.165, 1.54) is 6.08 Å². The molecule has 4 N–H and O–H groups in total. The number of nitrogens with zero attached hydrogens (tertiary/aromatic N) is 2.